The molecule has 0 bridgehead atoms. The molecule has 0 saturated carbocycles. The fraction of sp³-hybridized carbons (Fsp3) is 0.250. The standard InChI is InChI=1S/C16H18O7.C3H4O2.CO2/c1-11(2)14(18)22-9-10-23-16(20)13-6-4-3-5-12(13)15(19)21-8-7-17;1-2-3(4)5;2-1-3/h3-6,17H,1,7-10H2,2H3;2H,1H2,(H,4,5);. The topological polar surface area (TPSA) is 171 Å². The Kier molecular flexibility index (Phi) is 16.9. The maximum absolute atomic E-state index is 12.0. The number of aliphatic hydroxyl groups excluding tert-OH is 1. The number of hydrogen-bond donors (Lipinski definition) is 2. The minimum absolute atomic E-state index is 0.0293. The summed E-state index contributed by atoms with van der Waals surface area (Å²) in [5.74, 6) is -3.03. The molecule has 2 N–H and O–H groups in total. The Hall–Kier alpha value is -4.08. The van der Waals surface area contributed by atoms with E-state index in [2.05, 4.69) is 13.2 Å². The lowest BCUT2D eigenvalue weighted by Crippen LogP contribution is -2.18. The van der Waals surface area contributed by atoms with Crippen molar-refractivity contribution in [3.8, 4) is 0 Å². The molecule has 0 aromatic heterocycles. The molecule has 1 aromatic carbocycles. The van der Waals surface area contributed by atoms with Crippen LogP contribution in [0, 0.1) is 0 Å². The van der Waals surface area contributed by atoms with Gasteiger partial charge < -0.3 is 24.4 Å². The highest BCUT2D eigenvalue weighted by molar-refractivity contribution is 6.03. The van der Waals surface area contributed by atoms with Crippen LogP contribution in [0.25, 0.3) is 0 Å². The van der Waals surface area contributed by atoms with Crippen LogP contribution in [-0.4, -0.2) is 66.7 Å². The summed E-state index contributed by atoms with van der Waals surface area (Å²) in [6.45, 7) is 7.13. The first-order valence-corrected chi connectivity index (χ1v) is 8.37. The Morgan fingerprint density at radius 1 is 0.968 bits per heavy atom. The molecule has 0 aliphatic heterocycles. The number of rotatable bonds is 9. The molecular formula is C20H22O11. The second kappa shape index (κ2) is 18.0. The zero-order valence-corrected chi connectivity index (χ0v) is 16.7. The number of carbonyl (C=O) groups excluding carboxylic acids is 5. The van der Waals surface area contributed by atoms with Gasteiger partial charge in [-0.1, -0.05) is 25.3 Å². The van der Waals surface area contributed by atoms with E-state index in [4.69, 9.17) is 34.0 Å². The Balaban J connectivity index is 0. The van der Waals surface area contributed by atoms with E-state index in [1.807, 2.05) is 0 Å². The van der Waals surface area contributed by atoms with Gasteiger partial charge in [-0.3, -0.25) is 0 Å². The maximum atomic E-state index is 12.0. The molecule has 0 unspecified atom stereocenters. The quantitative estimate of drug-likeness (QED) is 0.242. The second-order valence-electron chi connectivity index (χ2n) is 5.08. The fourth-order valence-electron chi connectivity index (χ4n) is 1.52. The van der Waals surface area contributed by atoms with Gasteiger partial charge in [-0.15, -0.1) is 0 Å². The summed E-state index contributed by atoms with van der Waals surface area (Å²) in [7, 11) is 0. The van der Waals surface area contributed by atoms with Gasteiger partial charge in [-0.2, -0.15) is 9.59 Å². The molecular weight excluding hydrogens is 416 g/mol. The van der Waals surface area contributed by atoms with Crippen molar-refractivity contribution in [2.45, 2.75) is 6.92 Å². The molecule has 168 valence electrons. The van der Waals surface area contributed by atoms with E-state index < -0.39 is 23.9 Å². The number of carboxylic acid groups (broad SMARTS) is 1. The number of aliphatic hydroxyl groups is 1. The molecule has 0 spiro atoms. The fourth-order valence-corrected chi connectivity index (χ4v) is 1.52. The van der Waals surface area contributed by atoms with Gasteiger partial charge in [0.25, 0.3) is 0 Å². The van der Waals surface area contributed by atoms with Crippen LogP contribution in [0.4, 0.5) is 0 Å². The molecule has 0 aliphatic rings. The minimum atomic E-state index is -0.981. The van der Waals surface area contributed by atoms with Gasteiger partial charge in [-0.25, -0.2) is 19.2 Å². The van der Waals surface area contributed by atoms with Crippen molar-refractivity contribution in [3.63, 3.8) is 0 Å². The summed E-state index contributed by atoms with van der Waals surface area (Å²) >= 11 is 0. The third-order valence-corrected chi connectivity index (χ3v) is 2.76. The highest BCUT2D eigenvalue weighted by Gasteiger charge is 2.19. The summed E-state index contributed by atoms with van der Waals surface area (Å²) in [6.07, 6.45) is 1.08. The maximum Gasteiger partial charge on any atom is 0.373 e. The van der Waals surface area contributed by atoms with E-state index in [1.165, 1.54) is 19.1 Å². The number of carboxylic acids is 1. The molecule has 0 fully saturated rings. The van der Waals surface area contributed by atoms with Crippen LogP contribution < -0.4 is 0 Å². The number of hydrogen-bond acceptors (Lipinski definition) is 10. The third-order valence-electron chi connectivity index (χ3n) is 2.76. The molecule has 11 heteroatoms. The van der Waals surface area contributed by atoms with E-state index in [0.29, 0.717) is 0 Å². The smallest absolute Gasteiger partial charge is 0.373 e. The van der Waals surface area contributed by atoms with E-state index >= 15 is 0 Å². The molecule has 1 rings (SSSR count). The monoisotopic (exact) mass is 438 g/mol. The molecule has 1 aromatic rings. The van der Waals surface area contributed by atoms with Crippen molar-refractivity contribution in [1.82, 2.24) is 0 Å². The van der Waals surface area contributed by atoms with Crippen LogP contribution in [0.15, 0.2) is 49.1 Å². The predicted molar refractivity (Wildman–Crippen MR) is 103 cm³/mol. The number of ether oxygens (including phenoxy) is 3. The van der Waals surface area contributed by atoms with Crippen LogP contribution in [0.3, 0.4) is 0 Å². The summed E-state index contributed by atoms with van der Waals surface area (Å²) < 4.78 is 14.5. The average molecular weight is 438 g/mol. The number of benzene rings is 1. The first-order chi connectivity index (χ1) is 14.7. The lowest BCUT2D eigenvalue weighted by atomic mass is 10.1. The first-order valence-electron chi connectivity index (χ1n) is 8.37. The lowest BCUT2D eigenvalue weighted by Gasteiger charge is -2.09. The number of carbonyl (C=O) groups is 4. The van der Waals surface area contributed by atoms with E-state index in [9.17, 15) is 19.2 Å². The van der Waals surface area contributed by atoms with Crippen LogP contribution in [0.1, 0.15) is 27.6 Å². The third kappa shape index (κ3) is 14.6. The van der Waals surface area contributed by atoms with Crippen molar-refractivity contribution in [1.29, 1.82) is 0 Å². The van der Waals surface area contributed by atoms with Gasteiger partial charge in [0.2, 0.25) is 0 Å². The van der Waals surface area contributed by atoms with Crippen LogP contribution >= 0.6 is 0 Å². The van der Waals surface area contributed by atoms with Gasteiger partial charge in [0.15, 0.2) is 0 Å². The molecule has 11 nitrogen and oxygen atoms in total. The molecule has 0 saturated heterocycles. The zero-order valence-electron chi connectivity index (χ0n) is 16.7. The van der Waals surface area contributed by atoms with Crippen molar-refractivity contribution in [2.75, 3.05) is 26.4 Å². The highest BCUT2D eigenvalue weighted by Crippen LogP contribution is 2.12. The van der Waals surface area contributed by atoms with E-state index in [-0.39, 0.29) is 49.3 Å². The Morgan fingerprint density at radius 2 is 1.35 bits per heavy atom. The lowest BCUT2D eigenvalue weighted by molar-refractivity contribution is -0.191. The second-order valence-corrected chi connectivity index (χ2v) is 5.08. The van der Waals surface area contributed by atoms with Crippen molar-refractivity contribution < 1.29 is 53.2 Å². The van der Waals surface area contributed by atoms with Crippen molar-refractivity contribution in [3.05, 3.63) is 60.2 Å². The minimum Gasteiger partial charge on any atom is -0.478 e. The highest BCUT2D eigenvalue weighted by atomic mass is 16.6. The molecule has 0 radical (unpaired) electrons. The Labute approximate surface area is 177 Å². The molecule has 0 amide bonds. The van der Waals surface area contributed by atoms with Gasteiger partial charge in [0.05, 0.1) is 17.7 Å². The summed E-state index contributed by atoms with van der Waals surface area (Å²) in [6, 6.07) is 5.97. The number of esters is 3. The molecule has 0 atom stereocenters. The normalized spacial score (nSPS) is 8.58. The van der Waals surface area contributed by atoms with Crippen LogP contribution in [0.2, 0.25) is 0 Å². The Bertz CT molecular complexity index is 805. The summed E-state index contributed by atoms with van der Waals surface area (Å²) in [5, 5.41) is 16.3. The first kappa shape index (κ1) is 29.1. The number of aliphatic carboxylic acids is 1. The summed E-state index contributed by atoms with van der Waals surface area (Å²) in [4.78, 5) is 60.4. The largest absolute Gasteiger partial charge is 0.478 e. The van der Waals surface area contributed by atoms with E-state index in [0.717, 1.165) is 6.08 Å². The van der Waals surface area contributed by atoms with Gasteiger partial charge in [-0.05, 0) is 19.1 Å². The Morgan fingerprint density at radius 3 is 1.71 bits per heavy atom. The summed E-state index contributed by atoms with van der Waals surface area (Å²) in [5.41, 5.74) is 0.305. The van der Waals surface area contributed by atoms with Gasteiger partial charge in [0.1, 0.15) is 19.8 Å². The van der Waals surface area contributed by atoms with Crippen molar-refractivity contribution in [2.24, 2.45) is 0 Å². The molecule has 31 heavy (non-hydrogen) atoms. The van der Waals surface area contributed by atoms with Crippen LogP contribution in [-0.2, 0) is 33.4 Å². The van der Waals surface area contributed by atoms with E-state index in [1.54, 1.807) is 12.1 Å². The zero-order chi connectivity index (χ0) is 24.2. The van der Waals surface area contributed by atoms with Gasteiger partial charge in [0, 0.05) is 11.6 Å². The van der Waals surface area contributed by atoms with Crippen LogP contribution in [0.5, 0.6) is 0 Å². The average Bonchev–Trinajstić information content (AvgIpc) is 2.75. The SMILES string of the molecule is C=C(C)C(=O)OCCOC(=O)c1ccccc1C(=O)OCCO.C=CC(=O)O.O=C=O. The predicted octanol–water partition coefficient (Wildman–Crippen LogP) is 0.785. The van der Waals surface area contributed by atoms with Crippen molar-refractivity contribution >= 4 is 30.0 Å². The molecule has 0 heterocycles. The molecule has 0 aliphatic carbocycles. The van der Waals surface area contributed by atoms with Gasteiger partial charge >= 0.3 is 30.0 Å².